The summed E-state index contributed by atoms with van der Waals surface area (Å²) in [5.74, 6) is 0.440. The van der Waals surface area contributed by atoms with Crippen LogP contribution in [0.3, 0.4) is 0 Å². The van der Waals surface area contributed by atoms with Gasteiger partial charge in [-0.2, -0.15) is 5.26 Å². The van der Waals surface area contributed by atoms with Crippen molar-refractivity contribution in [3.63, 3.8) is 0 Å². The van der Waals surface area contributed by atoms with E-state index < -0.39 is 6.09 Å². The minimum Gasteiger partial charge on any atom is -0.465 e. The highest BCUT2D eigenvalue weighted by molar-refractivity contribution is 6.33. The lowest BCUT2D eigenvalue weighted by Gasteiger charge is -2.41. The zero-order chi connectivity index (χ0) is 23.4. The van der Waals surface area contributed by atoms with Crippen LogP contribution in [0.25, 0.3) is 0 Å². The number of hydrogen-bond donors (Lipinski definition) is 2. The fraction of sp³-hybridized carbons (Fsp3) is 0.375. The predicted molar refractivity (Wildman–Crippen MR) is 126 cm³/mol. The Balaban J connectivity index is 0.000000459. The number of halogens is 1. The molecule has 2 amide bonds. The van der Waals surface area contributed by atoms with Crippen molar-refractivity contribution < 1.29 is 19.4 Å². The zero-order valence-electron chi connectivity index (χ0n) is 18.0. The van der Waals surface area contributed by atoms with Gasteiger partial charge in [0.05, 0.1) is 22.5 Å². The van der Waals surface area contributed by atoms with E-state index in [0.717, 1.165) is 55.7 Å². The average Bonchev–Trinajstić information content (AvgIpc) is 3.64. The molecule has 5 rings (SSSR count). The van der Waals surface area contributed by atoms with E-state index in [0.29, 0.717) is 23.2 Å². The number of nitrogens with zero attached hydrogens (tertiary/aromatic N) is 3. The van der Waals surface area contributed by atoms with E-state index in [1.165, 1.54) is 0 Å². The second kappa shape index (κ2) is 10.0. The molecule has 3 aliphatic rings. The quantitative estimate of drug-likeness (QED) is 0.618. The van der Waals surface area contributed by atoms with Gasteiger partial charge in [0, 0.05) is 36.3 Å². The lowest BCUT2D eigenvalue weighted by Crippen LogP contribution is -2.49. The van der Waals surface area contributed by atoms with Gasteiger partial charge in [-0.05, 0) is 49.9 Å². The van der Waals surface area contributed by atoms with Crippen LogP contribution < -0.4 is 15.1 Å². The molecule has 0 spiro atoms. The van der Waals surface area contributed by atoms with Crippen molar-refractivity contribution in [3.8, 4) is 6.07 Å². The van der Waals surface area contributed by atoms with E-state index in [1.54, 1.807) is 17.0 Å². The third-order valence-corrected chi connectivity index (χ3v) is 6.23. The summed E-state index contributed by atoms with van der Waals surface area (Å²) in [6, 6.07) is 15.2. The van der Waals surface area contributed by atoms with Crippen molar-refractivity contribution >= 4 is 40.8 Å². The SMILES string of the molecule is N#CC1CC1.O=C(O)Nc1ccc(N2CCC(N3C(=O)OCc4ccccc43)CC2)c(Cl)c1. The Morgan fingerprint density at radius 2 is 1.85 bits per heavy atom. The van der Waals surface area contributed by atoms with Gasteiger partial charge in [0.15, 0.2) is 0 Å². The first-order valence-electron chi connectivity index (χ1n) is 10.9. The molecule has 2 heterocycles. The van der Waals surface area contributed by atoms with Gasteiger partial charge in [0.2, 0.25) is 0 Å². The molecule has 2 N–H and O–H groups in total. The van der Waals surface area contributed by atoms with Crippen LogP contribution in [0, 0.1) is 17.2 Å². The molecule has 1 aliphatic carbocycles. The minimum absolute atomic E-state index is 0.0666. The van der Waals surface area contributed by atoms with Gasteiger partial charge in [0.25, 0.3) is 0 Å². The molecule has 0 unspecified atom stereocenters. The Morgan fingerprint density at radius 1 is 1.12 bits per heavy atom. The molecule has 0 bridgehead atoms. The number of piperidine rings is 1. The molecule has 9 heteroatoms. The summed E-state index contributed by atoms with van der Waals surface area (Å²) in [4.78, 5) is 27.1. The van der Waals surface area contributed by atoms with Crippen LogP contribution in [0.1, 0.15) is 31.2 Å². The Hall–Kier alpha value is -3.44. The Kier molecular flexibility index (Phi) is 6.90. The van der Waals surface area contributed by atoms with Gasteiger partial charge >= 0.3 is 12.2 Å². The first-order valence-corrected chi connectivity index (χ1v) is 11.3. The van der Waals surface area contributed by atoms with Crippen LogP contribution in [0.4, 0.5) is 26.7 Å². The van der Waals surface area contributed by atoms with E-state index in [4.69, 9.17) is 26.7 Å². The summed E-state index contributed by atoms with van der Waals surface area (Å²) >= 11 is 6.36. The number of carbonyl (C=O) groups is 2. The number of anilines is 3. The minimum atomic E-state index is -1.13. The number of nitrogens with one attached hydrogen (secondary N) is 1. The third-order valence-electron chi connectivity index (χ3n) is 5.93. The molecule has 0 radical (unpaired) electrons. The van der Waals surface area contributed by atoms with Crippen molar-refractivity contribution in [1.82, 2.24) is 0 Å². The zero-order valence-corrected chi connectivity index (χ0v) is 18.8. The molecule has 33 heavy (non-hydrogen) atoms. The highest BCUT2D eigenvalue weighted by Crippen LogP contribution is 2.35. The molecule has 2 aromatic rings. The molecular weight excluding hydrogens is 444 g/mol. The second-order valence-corrected chi connectivity index (χ2v) is 8.68. The van der Waals surface area contributed by atoms with Gasteiger partial charge in [-0.3, -0.25) is 10.2 Å². The standard InChI is InChI=1S/C20H20ClN3O4.C4H5N/c21-16-11-14(22-19(25)26)5-6-18(16)23-9-7-15(8-10-23)24-17-4-2-1-3-13(17)12-28-20(24)27;5-3-4-1-2-4/h1-6,11,15,22H,7-10,12H2,(H,25,26);4H,1-2H2. The molecule has 1 saturated heterocycles. The molecule has 0 atom stereocenters. The summed E-state index contributed by atoms with van der Waals surface area (Å²) < 4.78 is 5.34. The molecule has 172 valence electrons. The second-order valence-electron chi connectivity index (χ2n) is 8.27. The van der Waals surface area contributed by atoms with Crippen LogP contribution in [0.5, 0.6) is 0 Å². The van der Waals surface area contributed by atoms with Crippen LogP contribution >= 0.6 is 11.6 Å². The lowest BCUT2D eigenvalue weighted by molar-refractivity contribution is 0.137. The first-order chi connectivity index (χ1) is 16.0. The number of nitriles is 1. The smallest absolute Gasteiger partial charge is 0.414 e. The number of carboxylic acid groups (broad SMARTS) is 1. The van der Waals surface area contributed by atoms with Crippen molar-refractivity contribution in [2.24, 2.45) is 5.92 Å². The summed E-state index contributed by atoms with van der Waals surface area (Å²) in [5.41, 5.74) is 3.25. The fourth-order valence-electron chi connectivity index (χ4n) is 4.06. The van der Waals surface area contributed by atoms with E-state index >= 15 is 0 Å². The fourth-order valence-corrected chi connectivity index (χ4v) is 4.36. The number of cyclic esters (lactones) is 1. The molecule has 8 nitrogen and oxygen atoms in total. The Morgan fingerprint density at radius 3 is 2.45 bits per heavy atom. The number of benzene rings is 2. The lowest BCUT2D eigenvalue weighted by atomic mass is 10.00. The number of amides is 2. The highest BCUT2D eigenvalue weighted by Gasteiger charge is 2.34. The van der Waals surface area contributed by atoms with Crippen molar-refractivity contribution in [2.45, 2.75) is 38.3 Å². The van der Waals surface area contributed by atoms with E-state index in [-0.39, 0.29) is 12.1 Å². The van der Waals surface area contributed by atoms with Gasteiger partial charge in [-0.1, -0.05) is 29.8 Å². The summed E-state index contributed by atoms with van der Waals surface area (Å²) in [7, 11) is 0. The van der Waals surface area contributed by atoms with Crippen LogP contribution in [0.15, 0.2) is 42.5 Å². The predicted octanol–water partition coefficient (Wildman–Crippen LogP) is 5.48. The normalized spacial score (nSPS) is 17.8. The van der Waals surface area contributed by atoms with Gasteiger partial charge in [0.1, 0.15) is 6.61 Å². The van der Waals surface area contributed by atoms with E-state index in [9.17, 15) is 9.59 Å². The van der Waals surface area contributed by atoms with Gasteiger partial charge < -0.3 is 14.7 Å². The van der Waals surface area contributed by atoms with Crippen molar-refractivity contribution in [1.29, 1.82) is 5.26 Å². The third kappa shape index (κ3) is 5.49. The molecule has 0 aromatic heterocycles. The maximum Gasteiger partial charge on any atom is 0.414 e. The monoisotopic (exact) mass is 468 g/mol. The summed E-state index contributed by atoms with van der Waals surface area (Å²) in [5, 5.41) is 19.6. The average molecular weight is 469 g/mol. The highest BCUT2D eigenvalue weighted by atomic mass is 35.5. The number of rotatable bonds is 3. The largest absolute Gasteiger partial charge is 0.465 e. The van der Waals surface area contributed by atoms with Crippen LogP contribution in [-0.4, -0.2) is 36.4 Å². The van der Waals surface area contributed by atoms with Crippen LogP contribution in [0.2, 0.25) is 5.02 Å². The number of fused-ring (bicyclic) bond motifs is 1. The van der Waals surface area contributed by atoms with Gasteiger partial charge in [-0.15, -0.1) is 0 Å². The number of para-hydroxylation sites is 1. The van der Waals surface area contributed by atoms with Crippen molar-refractivity contribution in [3.05, 3.63) is 53.1 Å². The van der Waals surface area contributed by atoms with E-state index in [1.807, 2.05) is 30.3 Å². The summed E-state index contributed by atoms with van der Waals surface area (Å²) in [6.07, 6.45) is 2.45. The van der Waals surface area contributed by atoms with Crippen LogP contribution in [-0.2, 0) is 11.3 Å². The Bertz CT molecular complexity index is 1070. The maximum atomic E-state index is 12.4. The summed E-state index contributed by atoms with van der Waals surface area (Å²) in [6.45, 7) is 1.79. The number of carbonyl (C=O) groups excluding carboxylic acids is 1. The van der Waals surface area contributed by atoms with Gasteiger partial charge in [-0.25, -0.2) is 9.59 Å². The number of ether oxygens (including phenoxy) is 1. The molecule has 1 saturated carbocycles. The number of hydrogen-bond acceptors (Lipinski definition) is 5. The van der Waals surface area contributed by atoms with Crippen molar-refractivity contribution in [2.75, 3.05) is 28.2 Å². The molecule has 2 aromatic carbocycles. The molecule has 2 aliphatic heterocycles. The Labute approximate surface area is 197 Å². The molecule has 2 fully saturated rings. The van der Waals surface area contributed by atoms with E-state index in [2.05, 4.69) is 16.3 Å². The molecular formula is C24H25ClN4O4. The maximum absolute atomic E-state index is 12.4. The first kappa shape index (κ1) is 22.7. The topological polar surface area (TPSA) is 106 Å².